The normalized spacial score (nSPS) is 9.00. The molecule has 0 atom stereocenters. The van der Waals surface area contributed by atoms with Gasteiger partial charge in [0.2, 0.25) is 0 Å². The van der Waals surface area contributed by atoms with Crippen LogP contribution in [0, 0.1) is 10.1 Å². The zero-order valence-electron chi connectivity index (χ0n) is 9.22. The first-order valence-corrected chi connectivity index (χ1v) is 4.20. The Labute approximate surface area is 118 Å². The van der Waals surface area contributed by atoms with Gasteiger partial charge in [-0.1, -0.05) is 12.1 Å². The molecule has 7 nitrogen and oxygen atoms in total. The Kier molecular flexibility index (Phi) is 5.80. The van der Waals surface area contributed by atoms with Gasteiger partial charge in [0.25, 0.3) is 11.6 Å². The second-order valence-corrected chi connectivity index (χ2v) is 2.82. The molecule has 0 aliphatic heterocycles. The number of benzene rings is 1. The Bertz CT molecular complexity index is 442. The first kappa shape index (κ1) is 15.6. The largest absolute Gasteiger partial charge is 1.00 e. The van der Waals surface area contributed by atoms with E-state index >= 15 is 0 Å². The first-order valence-electron chi connectivity index (χ1n) is 4.20. The Hall–Kier alpha value is -1.44. The molecule has 0 saturated carbocycles. The van der Waals surface area contributed by atoms with Crippen molar-refractivity contribution in [3.05, 3.63) is 39.4 Å². The number of carboxylic acids is 1. The molecule has 84 valence electrons. The second kappa shape index (κ2) is 6.33. The monoisotopic (exact) mass is 246 g/mol. The molecule has 1 aromatic carbocycles. The van der Waals surface area contributed by atoms with Crippen LogP contribution in [0.25, 0.3) is 0 Å². The standard InChI is InChI=1S/C9H8N2O5.Na/c1-10-8(12)7-5(9(13)14)3-2-4-6(7)11(15)16;/h2-4H,1H3,(H,10,12)(H,13,14);/q;+1/p-1. The van der Waals surface area contributed by atoms with Crippen LogP contribution in [0.3, 0.4) is 0 Å². The molecule has 1 amide bonds. The molecule has 8 heteroatoms. The maximum Gasteiger partial charge on any atom is 1.00 e. The maximum absolute atomic E-state index is 11.4. The van der Waals surface area contributed by atoms with Crippen molar-refractivity contribution in [3.8, 4) is 0 Å². The predicted molar refractivity (Wildman–Crippen MR) is 50.8 cm³/mol. The van der Waals surface area contributed by atoms with Crippen molar-refractivity contribution >= 4 is 17.6 Å². The molecular weight excluding hydrogens is 239 g/mol. The fourth-order valence-electron chi connectivity index (χ4n) is 1.23. The molecular formula is C9H7N2NaO5. The summed E-state index contributed by atoms with van der Waals surface area (Å²) in [6.07, 6.45) is 0. The van der Waals surface area contributed by atoms with Gasteiger partial charge in [-0.05, 0) is 0 Å². The second-order valence-electron chi connectivity index (χ2n) is 2.82. The van der Waals surface area contributed by atoms with Crippen molar-refractivity contribution in [2.24, 2.45) is 0 Å². The average molecular weight is 246 g/mol. The minimum atomic E-state index is -1.64. The van der Waals surface area contributed by atoms with E-state index < -0.39 is 33.6 Å². The van der Waals surface area contributed by atoms with E-state index in [1.54, 1.807) is 0 Å². The quantitative estimate of drug-likeness (QED) is 0.335. The topological polar surface area (TPSA) is 112 Å². The molecule has 0 aliphatic carbocycles. The zero-order chi connectivity index (χ0) is 12.3. The number of hydrogen-bond donors (Lipinski definition) is 1. The maximum atomic E-state index is 11.4. The van der Waals surface area contributed by atoms with Crippen molar-refractivity contribution in [2.75, 3.05) is 7.05 Å². The van der Waals surface area contributed by atoms with Gasteiger partial charge < -0.3 is 15.2 Å². The van der Waals surface area contributed by atoms with E-state index in [2.05, 4.69) is 5.32 Å². The van der Waals surface area contributed by atoms with Crippen molar-refractivity contribution in [1.29, 1.82) is 0 Å². The predicted octanol–water partition coefficient (Wildman–Crippen LogP) is -3.68. The molecule has 17 heavy (non-hydrogen) atoms. The van der Waals surface area contributed by atoms with Gasteiger partial charge in [-0.3, -0.25) is 14.9 Å². The van der Waals surface area contributed by atoms with Gasteiger partial charge in [0.15, 0.2) is 0 Å². The average Bonchev–Trinajstić information content (AvgIpc) is 2.26. The summed E-state index contributed by atoms with van der Waals surface area (Å²) in [5.41, 5.74) is -1.58. The molecule has 1 N–H and O–H groups in total. The van der Waals surface area contributed by atoms with Crippen molar-refractivity contribution < 1.29 is 49.2 Å². The first-order chi connectivity index (χ1) is 7.49. The summed E-state index contributed by atoms with van der Waals surface area (Å²) in [4.78, 5) is 31.9. The van der Waals surface area contributed by atoms with Crippen LogP contribution in [-0.2, 0) is 0 Å². The number of rotatable bonds is 3. The molecule has 0 unspecified atom stereocenters. The third kappa shape index (κ3) is 3.26. The number of carbonyl (C=O) groups excluding carboxylic acids is 2. The number of nitro groups is 1. The number of nitro benzene ring substituents is 1. The Morgan fingerprint density at radius 1 is 1.35 bits per heavy atom. The molecule has 1 aromatic rings. The molecule has 0 bridgehead atoms. The van der Waals surface area contributed by atoms with Gasteiger partial charge in [0, 0.05) is 18.7 Å². The fourth-order valence-corrected chi connectivity index (χ4v) is 1.23. The van der Waals surface area contributed by atoms with Gasteiger partial charge in [0.05, 0.1) is 10.9 Å². The van der Waals surface area contributed by atoms with Crippen molar-refractivity contribution in [3.63, 3.8) is 0 Å². The van der Waals surface area contributed by atoms with Crippen LogP contribution >= 0.6 is 0 Å². The van der Waals surface area contributed by atoms with E-state index in [-0.39, 0.29) is 29.6 Å². The minimum Gasteiger partial charge on any atom is -0.545 e. The van der Waals surface area contributed by atoms with Gasteiger partial charge >= 0.3 is 29.6 Å². The van der Waals surface area contributed by atoms with Crippen molar-refractivity contribution in [1.82, 2.24) is 5.32 Å². The molecule has 1 rings (SSSR count). The van der Waals surface area contributed by atoms with Crippen LogP contribution < -0.4 is 40.0 Å². The van der Waals surface area contributed by atoms with E-state index in [9.17, 15) is 24.8 Å². The van der Waals surface area contributed by atoms with Gasteiger partial charge in [-0.2, -0.15) is 0 Å². The smallest absolute Gasteiger partial charge is 0.545 e. The minimum absolute atomic E-state index is 0. The van der Waals surface area contributed by atoms with E-state index in [0.717, 1.165) is 12.1 Å². The molecule has 0 fully saturated rings. The van der Waals surface area contributed by atoms with Crippen LogP contribution in [-0.4, -0.2) is 23.8 Å². The van der Waals surface area contributed by atoms with Crippen LogP contribution in [0.1, 0.15) is 20.7 Å². The summed E-state index contributed by atoms with van der Waals surface area (Å²) in [6.45, 7) is 0. The van der Waals surface area contributed by atoms with Crippen LogP contribution in [0.4, 0.5) is 5.69 Å². The van der Waals surface area contributed by atoms with Gasteiger partial charge in [0.1, 0.15) is 5.56 Å². The Balaban J connectivity index is 0.00000256. The molecule has 0 heterocycles. The molecule has 0 radical (unpaired) electrons. The summed E-state index contributed by atoms with van der Waals surface area (Å²) >= 11 is 0. The number of nitrogens with one attached hydrogen (secondary N) is 1. The third-order valence-electron chi connectivity index (χ3n) is 1.91. The van der Waals surface area contributed by atoms with Gasteiger partial charge in [-0.15, -0.1) is 0 Å². The van der Waals surface area contributed by atoms with Crippen molar-refractivity contribution in [2.45, 2.75) is 0 Å². The summed E-state index contributed by atoms with van der Waals surface area (Å²) < 4.78 is 0. The Morgan fingerprint density at radius 2 is 1.94 bits per heavy atom. The zero-order valence-corrected chi connectivity index (χ0v) is 11.2. The molecule has 0 saturated heterocycles. The number of hydrogen-bond acceptors (Lipinski definition) is 5. The van der Waals surface area contributed by atoms with Crippen LogP contribution in [0.2, 0.25) is 0 Å². The fraction of sp³-hybridized carbons (Fsp3) is 0.111. The number of carboxylic acid groups (broad SMARTS) is 1. The summed E-state index contributed by atoms with van der Waals surface area (Å²) in [7, 11) is 1.25. The molecule has 0 aromatic heterocycles. The van der Waals surface area contributed by atoms with Crippen LogP contribution in [0.15, 0.2) is 18.2 Å². The molecule has 0 spiro atoms. The van der Waals surface area contributed by atoms with Crippen LogP contribution in [0.5, 0.6) is 0 Å². The summed E-state index contributed by atoms with van der Waals surface area (Å²) in [5, 5.41) is 23.5. The Morgan fingerprint density at radius 3 is 2.35 bits per heavy atom. The molecule has 0 aliphatic rings. The van der Waals surface area contributed by atoms with E-state index in [1.165, 1.54) is 13.1 Å². The third-order valence-corrected chi connectivity index (χ3v) is 1.91. The van der Waals surface area contributed by atoms with Gasteiger partial charge in [-0.25, -0.2) is 0 Å². The van der Waals surface area contributed by atoms with E-state index in [4.69, 9.17) is 0 Å². The summed E-state index contributed by atoms with van der Waals surface area (Å²) in [5.74, 6) is -2.48. The number of nitrogens with zero attached hydrogens (tertiary/aromatic N) is 1. The number of amides is 1. The van der Waals surface area contributed by atoms with E-state index in [1.807, 2.05) is 0 Å². The van der Waals surface area contributed by atoms with E-state index in [0.29, 0.717) is 0 Å². The summed E-state index contributed by atoms with van der Waals surface area (Å²) in [6, 6.07) is 3.31. The number of aromatic carboxylic acids is 1. The SMILES string of the molecule is CNC(=O)c1c(C(=O)[O-])cccc1[N+](=O)[O-].[Na+]. The number of carbonyl (C=O) groups is 2.